The van der Waals surface area contributed by atoms with Crippen molar-refractivity contribution >= 4 is 5.91 Å². The van der Waals surface area contributed by atoms with Crippen LogP contribution in [0.3, 0.4) is 0 Å². The van der Waals surface area contributed by atoms with Gasteiger partial charge in [0, 0.05) is 6.54 Å². The molecule has 1 N–H and O–H groups in total. The van der Waals surface area contributed by atoms with Crippen LogP contribution in [0.15, 0.2) is 60.7 Å². The van der Waals surface area contributed by atoms with E-state index >= 15 is 0 Å². The zero-order valence-corrected chi connectivity index (χ0v) is 19.1. The Hall–Kier alpha value is -3.71. The van der Waals surface area contributed by atoms with Crippen LogP contribution in [0.2, 0.25) is 0 Å². The van der Waals surface area contributed by atoms with Crippen molar-refractivity contribution in [3.63, 3.8) is 0 Å². The van der Waals surface area contributed by atoms with E-state index in [2.05, 4.69) is 0 Å². The number of carbonyl (C=O) groups is 1. The third-order valence-electron chi connectivity index (χ3n) is 5.94. The first-order valence-corrected chi connectivity index (χ1v) is 10.5. The van der Waals surface area contributed by atoms with Crippen molar-refractivity contribution in [1.29, 1.82) is 0 Å². The lowest BCUT2D eigenvalue weighted by molar-refractivity contribution is 0.0398. The topological polar surface area (TPSA) is 77.5 Å². The summed E-state index contributed by atoms with van der Waals surface area (Å²) in [6.45, 7) is 0.292. The summed E-state index contributed by atoms with van der Waals surface area (Å²) >= 11 is 0. The molecule has 0 unspecified atom stereocenters. The van der Waals surface area contributed by atoms with Crippen LogP contribution in [-0.4, -0.2) is 44.4 Å². The van der Waals surface area contributed by atoms with Crippen LogP contribution >= 0.6 is 0 Å². The van der Waals surface area contributed by atoms with Gasteiger partial charge < -0.3 is 29.0 Å². The lowest BCUT2D eigenvalue weighted by Crippen LogP contribution is -2.31. The molecule has 172 valence electrons. The molecule has 3 aromatic carbocycles. The van der Waals surface area contributed by atoms with Crippen LogP contribution in [-0.2, 0) is 6.54 Å². The Morgan fingerprint density at radius 1 is 0.879 bits per heavy atom. The van der Waals surface area contributed by atoms with E-state index < -0.39 is 12.1 Å². The third kappa shape index (κ3) is 3.96. The molecule has 33 heavy (non-hydrogen) atoms. The quantitative estimate of drug-likeness (QED) is 0.557. The van der Waals surface area contributed by atoms with Crippen LogP contribution in [0.5, 0.6) is 23.0 Å². The van der Waals surface area contributed by atoms with Crippen LogP contribution in [0, 0.1) is 0 Å². The second kappa shape index (κ2) is 9.42. The number of methoxy groups -OCH3 is 4. The lowest BCUT2D eigenvalue weighted by atomic mass is 9.94. The van der Waals surface area contributed by atoms with Gasteiger partial charge in [0.25, 0.3) is 5.91 Å². The predicted octanol–water partition coefficient (Wildman–Crippen LogP) is 4.15. The van der Waals surface area contributed by atoms with Gasteiger partial charge in [0.2, 0.25) is 5.75 Å². The summed E-state index contributed by atoms with van der Waals surface area (Å²) in [4.78, 5) is 15.4. The first-order chi connectivity index (χ1) is 16.0. The Morgan fingerprint density at radius 2 is 1.55 bits per heavy atom. The van der Waals surface area contributed by atoms with E-state index in [0.29, 0.717) is 40.5 Å². The van der Waals surface area contributed by atoms with Gasteiger partial charge in [-0.3, -0.25) is 4.79 Å². The number of nitrogens with zero attached hydrogens (tertiary/aromatic N) is 1. The molecule has 0 radical (unpaired) electrons. The number of benzene rings is 3. The largest absolute Gasteiger partial charge is 0.497 e. The van der Waals surface area contributed by atoms with Crippen molar-refractivity contribution in [2.75, 3.05) is 28.4 Å². The predicted molar refractivity (Wildman–Crippen MR) is 123 cm³/mol. The molecule has 1 heterocycles. The molecule has 4 rings (SSSR count). The molecule has 1 amide bonds. The van der Waals surface area contributed by atoms with E-state index in [1.54, 1.807) is 18.1 Å². The third-order valence-corrected chi connectivity index (χ3v) is 5.94. The smallest absolute Gasteiger partial charge is 0.259 e. The molecule has 2 atom stereocenters. The van der Waals surface area contributed by atoms with Crippen molar-refractivity contribution in [1.82, 2.24) is 4.90 Å². The van der Waals surface area contributed by atoms with Gasteiger partial charge in [-0.05, 0) is 34.9 Å². The van der Waals surface area contributed by atoms with E-state index in [1.807, 2.05) is 54.6 Å². The van der Waals surface area contributed by atoms with Crippen LogP contribution in [0.4, 0.5) is 0 Å². The molecule has 7 nitrogen and oxygen atoms in total. The second-order valence-electron chi connectivity index (χ2n) is 7.69. The van der Waals surface area contributed by atoms with Crippen LogP contribution in [0.1, 0.15) is 39.2 Å². The fraction of sp³-hybridized carbons (Fsp3) is 0.269. The minimum Gasteiger partial charge on any atom is -0.497 e. The van der Waals surface area contributed by atoms with Gasteiger partial charge in [-0.2, -0.15) is 0 Å². The molecule has 0 saturated carbocycles. The number of ether oxygens (including phenoxy) is 4. The van der Waals surface area contributed by atoms with Crippen molar-refractivity contribution in [2.24, 2.45) is 0 Å². The van der Waals surface area contributed by atoms with Gasteiger partial charge >= 0.3 is 0 Å². The van der Waals surface area contributed by atoms with E-state index in [1.165, 1.54) is 21.3 Å². The van der Waals surface area contributed by atoms with Gasteiger partial charge in [-0.15, -0.1) is 0 Å². The normalized spacial score (nSPS) is 15.7. The summed E-state index contributed by atoms with van der Waals surface area (Å²) < 4.78 is 21.9. The number of amides is 1. The highest BCUT2D eigenvalue weighted by Gasteiger charge is 2.45. The van der Waals surface area contributed by atoms with E-state index in [0.717, 1.165) is 11.3 Å². The number of fused-ring (bicyclic) bond motifs is 1. The summed E-state index contributed by atoms with van der Waals surface area (Å²) in [7, 11) is 6.12. The zero-order chi connectivity index (χ0) is 23.5. The highest BCUT2D eigenvalue weighted by Crippen LogP contribution is 2.51. The standard InChI is InChI=1S/C26H27NO6/c1-30-18-12-10-16(11-13-18)15-27-22(23(28)17-8-6-5-7-9-17)19-14-20(31-2)24(32-3)25(33-4)21(19)26(27)29/h5-14,22-23,28H,15H2,1-4H3/t22-,23+/m1/s1. The first kappa shape index (κ1) is 22.5. The second-order valence-corrected chi connectivity index (χ2v) is 7.69. The maximum Gasteiger partial charge on any atom is 0.259 e. The number of hydrogen-bond acceptors (Lipinski definition) is 6. The summed E-state index contributed by atoms with van der Waals surface area (Å²) in [6, 6.07) is 17.9. The highest BCUT2D eigenvalue weighted by atomic mass is 16.5. The average Bonchev–Trinajstić information content (AvgIpc) is 3.14. The molecule has 7 heteroatoms. The molecule has 0 spiro atoms. The van der Waals surface area contributed by atoms with Crippen molar-refractivity contribution in [3.8, 4) is 23.0 Å². The maximum absolute atomic E-state index is 13.7. The molecule has 0 saturated heterocycles. The number of aliphatic hydroxyl groups excluding tert-OH is 1. The highest BCUT2D eigenvalue weighted by molar-refractivity contribution is 6.03. The molecular weight excluding hydrogens is 422 g/mol. The monoisotopic (exact) mass is 449 g/mol. The summed E-state index contributed by atoms with van der Waals surface area (Å²) in [5.74, 6) is 1.54. The fourth-order valence-corrected chi connectivity index (χ4v) is 4.34. The SMILES string of the molecule is COc1ccc(CN2C(=O)c3c(cc(OC)c(OC)c3OC)[C@@H]2[C@@H](O)c2ccccc2)cc1. The molecule has 3 aromatic rings. The van der Waals surface area contributed by atoms with Crippen molar-refractivity contribution in [3.05, 3.63) is 82.9 Å². The minimum atomic E-state index is -0.961. The molecule has 0 aliphatic carbocycles. The van der Waals surface area contributed by atoms with E-state index in [4.69, 9.17) is 18.9 Å². The first-order valence-electron chi connectivity index (χ1n) is 10.5. The van der Waals surface area contributed by atoms with Crippen LogP contribution in [0.25, 0.3) is 0 Å². The average molecular weight is 450 g/mol. The van der Waals surface area contributed by atoms with Crippen molar-refractivity contribution < 1.29 is 28.8 Å². The van der Waals surface area contributed by atoms with Crippen molar-refractivity contribution in [2.45, 2.75) is 18.7 Å². The number of rotatable bonds is 8. The molecule has 0 bridgehead atoms. The van der Waals surface area contributed by atoms with Crippen LogP contribution < -0.4 is 18.9 Å². The molecule has 1 aliphatic heterocycles. The Morgan fingerprint density at radius 3 is 2.12 bits per heavy atom. The van der Waals surface area contributed by atoms with Gasteiger partial charge in [-0.25, -0.2) is 0 Å². The van der Waals surface area contributed by atoms with Gasteiger partial charge in [0.05, 0.1) is 40.0 Å². The number of aliphatic hydroxyl groups is 1. The molecule has 1 aliphatic rings. The molecule has 0 aromatic heterocycles. The Labute approximate surface area is 193 Å². The Kier molecular flexibility index (Phi) is 6.42. The summed E-state index contributed by atoms with van der Waals surface area (Å²) in [6.07, 6.45) is -0.961. The number of carbonyl (C=O) groups excluding carboxylic acids is 1. The van der Waals surface area contributed by atoms with E-state index in [-0.39, 0.29) is 5.91 Å². The Bertz CT molecular complexity index is 1130. The minimum absolute atomic E-state index is 0.251. The van der Waals surface area contributed by atoms with Gasteiger partial charge in [-0.1, -0.05) is 42.5 Å². The van der Waals surface area contributed by atoms with Gasteiger partial charge in [0.15, 0.2) is 11.5 Å². The summed E-state index contributed by atoms with van der Waals surface area (Å²) in [5, 5.41) is 11.4. The maximum atomic E-state index is 13.7. The molecular formula is C26H27NO6. The Balaban J connectivity index is 1.85. The van der Waals surface area contributed by atoms with Gasteiger partial charge in [0.1, 0.15) is 11.9 Å². The number of hydrogen-bond donors (Lipinski definition) is 1. The zero-order valence-electron chi connectivity index (χ0n) is 19.1. The summed E-state index contributed by atoms with van der Waals surface area (Å²) in [5.41, 5.74) is 2.60. The lowest BCUT2D eigenvalue weighted by Gasteiger charge is -2.30. The molecule has 0 fully saturated rings. The van der Waals surface area contributed by atoms with E-state index in [9.17, 15) is 9.90 Å². The fourth-order valence-electron chi connectivity index (χ4n) is 4.34.